The van der Waals surface area contributed by atoms with E-state index in [9.17, 15) is 4.79 Å². The smallest absolute Gasteiger partial charge is 0.222 e. The van der Waals surface area contributed by atoms with Gasteiger partial charge in [-0.15, -0.1) is 21.5 Å². The Bertz CT molecular complexity index is 1160. The maximum atomic E-state index is 11.3. The van der Waals surface area contributed by atoms with Crippen molar-refractivity contribution in [2.24, 2.45) is 0 Å². The molecule has 0 atom stereocenters. The molecule has 7 nitrogen and oxygen atoms in total. The van der Waals surface area contributed by atoms with Crippen molar-refractivity contribution in [1.29, 1.82) is 0 Å². The van der Waals surface area contributed by atoms with E-state index in [-0.39, 0.29) is 5.91 Å². The summed E-state index contributed by atoms with van der Waals surface area (Å²) in [5, 5.41) is 12.4. The molecular formula is C18H12Cl2N6OS. The molecule has 0 fully saturated rings. The number of H-pyrrole nitrogens is 1. The standard InChI is InChI=1S/C18H12Cl2N6OS/c1-9(27)24-14-6-10(4-5-21-14)18-25-15(12-3-2-11(19)7-13(12)20)16(28-18)17-22-8-23-26-17/h2-8H,1H3,(H,21,24,27)(H,22,23,26). The van der Waals surface area contributed by atoms with Gasteiger partial charge in [0.2, 0.25) is 5.91 Å². The molecule has 10 heteroatoms. The second-order valence-electron chi connectivity index (χ2n) is 5.77. The highest BCUT2D eigenvalue weighted by Gasteiger charge is 2.20. The molecule has 3 aromatic heterocycles. The molecule has 2 N–H and O–H groups in total. The van der Waals surface area contributed by atoms with Gasteiger partial charge in [0.15, 0.2) is 5.82 Å². The average Bonchev–Trinajstić information content (AvgIpc) is 3.31. The van der Waals surface area contributed by atoms with E-state index >= 15 is 0 Å². The van der Waals surface area contributed by atoms with Crippen molar-refractivity contribution in [2.45, 2.75) is 6.92 Å². The number of amides is 1. The van der Waals surface area contributed by atoms with Gasteiger partial charge in [-0.3, -0.25) is 4.79 Å². The molecule has 4 rings (SSSR count). The van der Waals surface area contributed by atoms with Gasteiger partial charge >= 0.3 is 0 Å². The Balaban J connectivity index is 1.86. The molecular weight excluding hydrogens is 419 g/mol. The number of nitrogens with one attached hydrogen (secondary N) is 2. The van der Waals surface area contributed by atoms with Gasteiger partial charge in [0.1, 0.15) is 22.0 Å². The van der Waals surface area contributed by atoms with Crippen molar-refractivity contribution in [3.63, 3.8) is 0 Å². The van der Waals surface area contributed by atoms with Crippen molar-refractivity contribution >= 4 is 46.3 Å². The fourth-order valence-electron chi connectivity index (χ4n) is 2.60. The Labute approximate surface area is 173 Å². The van der Waals surface area contributed by atoms with E-state index in [1.165, 1.54) is 24.6 Å². The molecule has 3 heterocycles. The largest absolute Gasteiger partial charge is 0.327 e. The lowest BCUT2D eigenvalue weighted by atomic mass is 10.1. The molecule has 1 amide bonds. The molecule has 140 valence electrons. The van der Waals surface area contributed by atoms with Crippen molar-refractivity contribution in [3.8, 4) is 32.5 Å². The Morgan fingerprint density at radius 2 is 2.07 bits per heavy atom. The second-order valence-corrected chi connectivity index (χ2v) is 7.61. The Morgan fingerprint density at radius 3 is 2.79 bits per heavy atom. The van der Waals surface area contributed by atoms with Gasteiger partial charge in [0.25, 0.3) is 0 Å². The number of rotatable bonds is 4. The highest BCUT2D eigenvalue weighted by atomic mass is 35.5. The third kappa shape index (κ3) is 3.75. The lowest BCUT2D eigenvalue weighted by Gasteiger charge is -2.04. The molecule has 0 aliphatic carbocycles. The van der Waals surface area contributed by atoms with E-state index in [2.05, 4.69) is 25.5 Å². The van der Waals surface area contributed by atoms with E-state index in [4.69, 9.17) is 28.2 Å². The van der Waals surface area contributed by atoms with Gasteiger partial charge in [0.05, 0.1) is 10.7 Å². The topological polar surface area (TPSA) is 96.5 Å². The number of hydrogen-bond donors (Lipinski definition) is 2. The predicted molar refractivity (Wildman–Crippen MR) is 110 cm³/mol. The number of benzene rings is 1. The number of carbonyl (C=O) groups is 1. The van der Waals surface area contributed by atoms with Crippen LogP contribution < -0.4 is 5.32 Å². The van der Waals surface area contributed by atoms with Crippen LogP contribution in [0, 0.1) is 0 Å². The number of thiazole rings is 1. The van der Waals surface area contributed by atoms with Crippen LogP contribution in [-0.2, 0) is 4.79 Å². The zero-order valence-electron chi connectivity index (χ0n) is 14.4. The van der Waals surface area contributed by atoms with Crippen LogP contribution in [0.4, 0.5) is 5.82 Å². The Hall–Kier alpha value is -2.81. The maximum absolute atomic E-state index is 11.3. The van der Waals surface area contributed by atoms with Crippen LogP contribution in [0.3, 0.4) is 0 Å². The number of aromatic nitrogens is 5. The van der Waals surface area contributed by atoms with E-state index in [1.54, 1.807) is 24.4 Å². The first-order valence-electron chi connectivity index (χ1n) is 8.08. The normalized spacial score (nSPS) is 10.8. The van der Waals surface area contributed by atoms with E-state index in [0.717, 1.165) is 21.0 Å². The summed E-state index contributed by atoms with van der Waals surface area (Å²) in [6.07, 6.45) is 3.12. The lowest BCUT2D eigenvalue weighted by molar-refractivity contribution is -0.114. The van der Waals surface area contributed by atoms with Crippen LogP contribution in [-0.4, -0.2) is 31.1 Å². The quantitative estimate of drug-likeness (QED) is 0.478. The zero-order valence-corrected chi connectivity index (χ0v) is 16.7. The van der Waals surface area contributed by atoms with Crippen molar-refractivity contribution in [1.82, 2.24) is 25.1 Å². The Morgan fingerprint density at radius 1 is 1.21 bits per heavy atom. The lowest BCUT2D eigenvalue weighted by Crippen LogP contribution is -2.07. The average molecular weight is 431 g/mol. The third-order valence-electron chi connectivity index (χ3n) is 3.76. The van der Waals surface area contributed by atoms with Gasteiger partial charge in [0, 0.05) is 29.3 Å². The molecule has 0 spiro atoms. The minimum absolute atomic E-state index is 0.195. The summed E-state index contributed by atoms with van der Waals surface area (Å²) in [5.41, 5.74) is 2.20. The summed E-state index contributed by atoms with van der Waals surface area (Å²) >= 11 is 13.9. The minimum atomic E-state index is -0.195. The van der Waals surface area contributed by atoms with Crippen molar-refractivity contribution in [2.75, 3.05) is 5.32 Å². The number of anilines is 1. The summed E-state index contributed by atoms with van der Waals surface area (Å²) in [6.45, 7) is 1.43. The highest BCUT2D eigenvalue weighted by molar-refractivity contribution is 7.18. The number of carbonyl (C=O) groups excluding carboxylic acids is 1. The van der Waals surface area contributed by atoms with Gasteiger partial charge in [-0.1, -0.05) is 23.2 Å². The minimum Gasteiger partial charge on any atom is -0.327 e. The fraction of sp³-hybridized carbons (Fsp3) is 0.0556. The monoisotopic (exact) mass is 430 g/mol. The summed E-state index contributed by atoms with van der Waals surface area (Å²) in [7, 11) is 0. The van der Waals surface area contributed by atoms with Gasteiger partial charge in [-0.05, 0) is 30.3 Å². The third-order valence-corrected chi connectivity index (χ3v) is 5.42. The highest BCUT2D eigenvalue weighted by Crippen LogP contribution is 2.42. The molecule has 0 saturated carbocycles. The molecule has 0 radical (unpaired) electrons. The number of aromatic amines is 1. The SMILES string of the molecule is CC(=O)Nc1cc(-c2nc(-c3ccc(Cl)cc3Cl)c(-c3nnc[nH]3)s2)ccn1. The molecule has 0 aliphatic rings. The summed E-state index contributed by atoms with van der Waals surface area (Å²) < 4.78 is 0. The van der Waals surface area contributed by atoms with Gasteiger partial charge in [-0.2, -0.15) is 0 Å². The summed E-state index contributed by atoms with van der Waals surface area (Å²) in [6, 6.07) is 8.83. The van der Waals surface area contributed by atoms with Crippen molar-refractivity contribution < 1.29 is 4.79 Å². The van der Waals surface area contributed by atoms with E-state index < -0.39 is 0 Å². The second kappa shape index (κ2) is 7.67. The molecule has 4 aromatic rings. The first-order chi connectivity index (χ1) is 13.5. The fourth-order valence-corrected chi connectivity index (χ4v) is 4.12. The first kappa shape index (κ1) is 18.5. The number of halogens is 2. The zero-order chi connectivity index (χ0) is 19.7. The van der Waals surface area contributed by atoms with Crippen LogP contribution in [0.2, 0.25) is 10.0 Å². The molecule has 28 heavy (non-hydrogen) atoms. The molecule has 1 aromatic carbocycles. The van der Waals surface area contributed by atoms with Crippen LogP contribution in [0.1, 0.15) is 6.92 Å². The van der Waals surface area contributed by atoms with Crippen LogP contribution in [0.25, 0.3) is 32.5 Å². The summed E-state index contributed by atoms with van der Waals surface area (Å²) in [5.74, 6) is 0.841. The van der Waals surface area contributed by atoms with Gasteiger partial charge in [-0.25, -0.2) is 9.97 Å². The van der Waals surface area contributed by atoms with Crippen LogP contribution in [0.15, 0.2) is 42.9 Å². The molecule has 0 bridgehead atoms. The predicted octanol–water partition coefficient (Wildman–Crippen LogP) is 4.92. The van der Waals surface area contributed by atoms with Gasteiger partial charge < -0.3 is 10.3 Å². The Kier molecular flexibility index (Phi) is 5.08. The first-order valence-corrected chi connectivity index (χ1v) is 9.65. The molecule has 0 saturated heterocycles. The summed E-state index contributed by atoms with van der Waals surface area (Å²) in [4.78, 5) is 24.0. The van der Waals surface area contributed by atoms with E-state index in [1.807, 2.05) is 12.1 Å². The van der Waals surface area contributed by atoms with Crippen LogP contribution >= 0.6 is 34.5 Å². The van der Waals surface area contributed by atoms with Crippen LogP contribution in [0.5, 0.6) is 0 Å². The molecule has 0 aliphatic heterocycles. The van der Waals surface area contributed by atoms with E-state index in [0.29, 0.717) is 27.4 Å². The number of nitrogens with zero attached hydrogens (tertiary/aromatic N) is 4. The number of hydrogen-bond acceptors (Lipinski definition) is 6. The molecule has 0 unspecified atom stereocenters. The maximum Gasteiger partial charge on any atom is 0.222 e. The number of pyridine rings is 1. The van der Waals surface area contributed by atoms with Crippen molar-refractivity contribution in [3.05, 3.63) is 52.9 Å².